The van der Waals surface area contributed by atoms with Crippen LogP contribution in [-0.4, -0.2) is 0 Å². The molecule has 1 unspecified atom stereocenters. The Hall–Kier alpha value is -1.08. The van der Waals surface area contributed by atoms with Crippen molar-refractivity contribution >= 4 is 11.3 Å². The first kappa shape index (κ1) is 10.1. The zero-order valence-corrected chi connectivity index (χ0v) is 10.4. The van der Waals surface area contributed by atoms with Crippen LogP contribution in [0.3, 0.4) is 0 Å². The van der Waals surface area contributed by atoms with Gasteiger partial charge in [0.25, 0.3) is 0 Å². The van der Waals surface area contributed by atoms with Gasteiger partial charge in [0.1, 0.15) is 0 Å². The lowest BCUT2D eigenvalue weighted by Crippen LogP contribution is -2.08. The van der Waals surface area contributed by atoms with Crippen molar-refractivity contribution in [2.45, 2.75) is 32.1 Å². The highest BCUT2D eigenvalue weighted by Gasteiger charge is 2.22. The molecule has 0 saturated heterocycles. The zero-order valence-electron chi connectivity index (χ0n) is 9.57. The molecule has 1 aromatic carbocycles. The maximum absolute atomic E-state index is 2.32. The van der Waals surface area contributed by atoms with E-state index in [-0.39, 0.29) is 0 Å². The van der Waals surface area contributed by atoms with Crippen LogP contribution >= 0.6 is 11.3 Å². The van der Waals surface area contributed by atoms with Crippen molar-refractivity contribution in [2.24, 2.45) is 0 Å². The van der Waals surface area contributed by atoms with Crippen LogP contribution in [0.25, 0.3) is 0 Å². The molecule has 0 radical (unpaired) electrons. The summed E-state index contributed by atoms with van der Waals surface area (Å²) in [6.45, 7) is 2.15. The molecule has 1 atom stereocenters. The third-order valence-corrected chi connectivity index (χ3v) is 4.53. The standard InChI is InChI=1S/C15H16S/c1-11-5-7-12(8-6-11)13-3-2-4-15-14(13)9-10-16-15/h5-10,13H,2-4H2,1H3. The van der Waals surface area contributed by atoms with Gasteiger partial charge in [-0.2, -0.15) is 0 Å². The predicted octanol–water partition coefficient (Wildman–Crippen LogP) is 4.52. The molecule has 82 valence electrons. The van der Waals surface area contributed by atoms with Gasteiger partial charge in [-0.05, 0) is 48.8 Å². The molecular formula is C15H16S. The molecule has 3 rings (SSSR count). The summed E-state index contributed by atoms with van der Waals surface area (Å²) in [5, 5.41) is 2.25. The fourth-order valence-electron chi connectivity index (χ4n) is 2.63. The molecule has 2 aromatic rings. The van der Waals surface area contributed by atoms with Crippen LogP contribution in [0.2, 0.25) is 0 Å². The van der Waals surface area contributed by atoms with Crippen LogP contribution in [0.15, 0.2) is 35.7 Å². The number of hydrogen-bond acceptors (Lipinski definition) is 1. The van der Waals surface area contributed by atoms with Gasteiger partial charge in [0, 0.05) is 10.8 Å². The minimum atomic E-state index is 0.649. The van der Waals surface area contributed by atoms with Gasteiger partial charge in [-0.3, -0.25) is 0 Å². The number of thiophene rings is 1. The highest BCUT2D eigenvalue weighted by Crippen LogP contribution is 2.38. The minimum Gasteiger partial charge on any atom is -0.149 e. The molecular weight excluding hydrogens is 212 g/mol. The molecule has 1 heterocycles. The average molecular weight is 228 g/mol. The van der Waals surface area contributed by atoms with Crippen molar-refractivity contribution in [1.82, 2.24) is 0 Å². The first-order chi connectivity index (χ1) is 7.84. The van der Waals surface area contributed by atoms with E-state index in [0.29, 0.717) is 5.92 Å². The number of aryl methyl sites for hydroxylation is 2. The molecule has 0 N–H and O–H groups in total. The molecule has 1 heteroatoms. The molecule has 0 saturated carbocycles. The van der Waals surface area contributed by atoms with Gasteiger partial charge >= 0.3 is 0 Å². The molecule has 0 bridgehead atoms. The smallest absolute Gasteiger partial charge is 0.0100 e. The Morgan fingerprint density at radius 3 is 2.75 bits per heavy atom. The topological polar surface area (TPSA) is 0 Å². The Balaban J connectivity index is 2.00. The molecule has 0 fully saturated rings. The Morgan fingerprint density at radius 1 is 1.12 bits per heavy atom. The predicted molar refractivity (Wildman–Crippen MR) is 70.3 cm³/mol. The van der Waals surface area contributed by atoms with Crippen molar-refractivity contribution in [3.63, 3.8) is 0 Å². The van der Waals surface area contributed by atoms with E-state index in [2.05, 4.69) is 42.6 Å². The van der Waals surface area contributed by atoms with Gasteiger partial charge in [-0.1, -0.05) is 29.8 Å². The van der Waals surface area contributed by atoms with Crippen LogP contribution in [0.1, 0.15) is 40.3 Å². The first-order valence-electron chi connectivity index (χ1n) is 5.97. The maximum Gasteiger partial charge on any atom is 0.0100 e. The molecule has 1 aliphatic carbocycles. The number of benzene rings is 1. The van der Waals surface area contributed by atoms with E-state index < -0.39 is 0 Å². The number of rotatable bonds is 1. The van der Waals surface area contributed by atoms with E-state index in [0.717, 1.165) is 0 Å². The molecule has 0 amide bonds. The highest BCUT2D eigenvalue weighted by molar-refractivity contribution is 7.10. The van der Waals surface area contributed by atoms with Gasteiger partial charge in [0.05, 0.1) is 0 Å². The summed E-state index contributed by atoms with van der Waals surface area (Å²) in [6.07, 6.45) is 3.94. The van der Waals surface area contributed by atoms with Crippen molar-refractivity contribution in [3.8, 4) is 0 Å². The summed E-state index contributed by atoms with van der Waals surface area (Å²) in [6, 6.07) is 11.4. The Morgan fingerprint density at radius 2 is 1.94 bits per heavy atom. The SMILES string of the molecule is Cc1ccc(C2CCCc3sccc32)cc1. The second-order valence-corrected chi connectivity index (χ2v) is 5.66. The molecule has 16 heavy (non-hydrogen) atoms. The second kappa shape index (κ2) is 4.06. The van der Waals surface area contributed by atoms with Crippen LogP contribution in [-0.2, 0) is 6.42 Å². The average Bonchev–Trinajstić information content (AvgIpc) is 2.78. The largest absolute Gasteiger partial charge is 0.149 e. The molecule has 0 nitrogen and oxygen atoms in total. The van der Waals surface area contributed by atoms with Crippen molar-refractivity contribution in [1.29, 1.82) is 0 Å². The van der Waals surface area contributed by atoms with Gasteiger partial charge < -0.3 is 0 Å². The zero-order chi connectivity index (χ0) is 11.0. The van der Waals surface area contributed by atoms with E-state index >= 15 is 0 Å². The highest BCUT2D eigenvalue weighted by atomic mass is 32.1. The molecule has 1 aromatic heterocycles. The quantitative estimate of drug-likeness (QED) is 0.673. The van der Waals surface area contributed by atoms with Gasteiger partial charge in [-0.25, -0.2) is 0 Å². The summed E-state index contributed by atoms with van der Waals surface area (Å²) >= 11 is 1.93. The Labute approximate surface area is 101 Å². The summed E-state index contributed by atoms with van der Waals surface area (Å²) in [5.74, 6) is 0.649. The van der Waals surface area contributed by atoms with E-state index in [4.69, 9.17) is 0 Å². The first-order valence-corrected chi connectivity index (χ1v) is 6.85. The summed E-state index contributed by atoms with van der Waals surface area (Å²) in [4.78, 5) is 1.61. The maximum atomic E-state index is 2.32. The van der Waals surface area contributed by atoms with Gasteiger partial charge in [0.15, 0.2) is 0 Å². The van der Waals surface area contributed by atoms with Gasteiger partial charge in [0.2, 0.25) is 0 Å². The third kappa shape index (κ3) is 1.69. The van der Waals surface area contributed by atoms with E-state index in [1.54, 1.807) is 10.4 Å². The van der Waals surface area contributed by atoms with Crippen LogP contribution in [0.4, 0.5) is 0 Å². The second-order valence-electron chi connectivity index (χ2n) is 4.65. The van der Waals surface area contributed by atoms with E-state index in [1.807, 2.05) is 11.3 Å². The fourth-order valence-corrected chi connectivity index (χ4v) is 3.62. The Kier molecular flexibility index (Phi) is 2.56. The molecule has 0 aliphatic heterocycles. The van der Waals surface area contributed by atoms with Crippen LogP contribution in [0.5, 0.6) is 0 Å². The summed E-state index contributed by atoms with van der Waals surface area (Å²) < 4.78 is 0. The lowest BCUT2D eigenvalue weighted by Gasteiger charge is -2.23. The van der Waals surface area contributed by atoms with Gasteiger partial charge in [-0.15, -0.1) is 11.3 Å². The van der Waals surface area contributed by atoms with Crippen molar-refractivity contribution < 1.29 is 0 Å². The summed E-state index contributed by atoms with van der Waals surface area (Å²) in [7, 11) is 0. The minimum absolute atomic E-state index is 0.649. The third-order valence-electron chi connectivity index (χ3n) is 3.53. The van der Waals surface area contributed by atoms with Crippen molar-refractivity contribution in [2.75, 3.05) is 0 Å². The monoisotopic (exact) mass is 228 g/mol. The normalized spacial score (nSPS) is 19.4. The molecule has 1 aliphatic rings. The molecule has 0 spiro atoms. The number of hydrogen-bond donors (Lipinski definition) is 0. The number of fused-ring (bicyclic) bond motifs is 1. The summed E-state index contributed by atoms with van der Waals surface area (Å²) in [5.41, 5.74) is 4.43. The van der Waals surface area contributed by atoms with E-state index in [9.17, 15) is 0 Å². The van der Waals surface area contributed by atoms with Crippen LogP contribution in [0, 0.1) is 6.92 Å². The lowest BCUT2D eigenvalue weighted by atomic mass is 9.82. The fraction of sp³-hybridized carbons (Fsp3) is 0.333. The van der Waals surface area contributed by atoms with Crippen LogP contribution < -0.4 is 0 Å². The van der Waals surface area contributed by atoms with Crippen molar-refractivity contribution in [3.05, 3.63) is 57.3 Å². The lowest BCUT2D eigenvalue weighted by molar-refractivity contribution is 0.625. The Bertz CT molecular complexity index is 478. The van der Waals surface area contributed by atoms with E-state index in [1.165, 1.54) is 30.4 Å².